The van der Waals surface area contributed by atoms with Crippen molar-refractivity contribution >= 4 is 17.2 Å². The van der Waals surface area contributed by atoms with Crippen molar-refractivity contribution in [3.05, 3.63) is 58.9 Å². The molecule has 0 saturated heterocycles. The molecule has 3 rings (SSSR count). The Hall–Kier alpha value is -1.84. The van der Waals surface area contributed by atoms with Gasteiger partial charge in [-0.1, -0.05) is 49.7 Å². The highest BCUT2D eigenvalue weighted by molar-refractivity contribution is 6.30. The van der Waals surface area contributed by atoms with Crippen molar-refractivity contribution < 1.29 is 0 Å². The molecule has 3 aromatic rings. The average molecular weight is 314 g/mol. The zero-order chi connectivity index (χ0) is 15.7. The standard InChI is InChI=1S/C18H20ClN3/c1-12(2)13-3-5-14(6-4-13)18-16(9-10-20)21-17-8-7-15(19)11-22(17)18/h3-8,11-12H,9-10,20H2,1-2H3. The van der Waals surface area contributed by atoms with Crippen molar-refractivity contribution in [1.29, 1.82) is 0 Å². The molecule has 4 heteroatoms. The van der Waals surface area contributed by atoms with Crippen LogP contribution in [-0.2, 0) is 6.42 Å². The van der Waals surface area contributed by atoms with E-state index in [4.69, 9.17) is 22.3 Å². The Bertz CT molecular complexity index is 788. The first-order chi connectivity index (χ1) is 10.6. The van der Waals surface area contributed by atoms with Crippen LogP contribution in [0.5, 0.6) is 0 Å². The van der Waals surface area contributed by atoms with Crippen LogP contribution in [0.15, 0.2) is 42.6 Å². The quantitative estimate of drug-likeness (QED) is 0.781. The molecule has 114 valence electrons. The molecule has 0 unspecified atom stereocenters. The lowest BCUT2D eigenvalue weighted by Gasteiger charge is -2.09. The minimum absolute atomic E-state index is 0.522. The number of rotatable bonds is 4. The van der Waals surface area contributed by atoms with Gasteiger partial charge in [0.15, 0.2) is 0 Å². The lowest BCUT2D eigenvalue weighted by Crippen LogP contribution is -2.04. The molecule has 0 amide bonds. The van der Waals surface area contributed by atoms with Gasteiger partial charge in [-0.25, -0.2) is 4.98 Å². The van der Waals surface area contributed by atoms with Crippen LogP contribution < -0.4 is 5.73 Å². The van der Waals surface area contributed by atoms with E-state index in [1.165, 1.54) is 5.56 Å². The van der Waals surface area contributed by atoms with Gasteiger partial charge in [0.05, 0.1) is 16.4 Å². The number of nitrogens with two attached hydrogens (primary N) is 1. The second kappa shape index (κ2) is 6.11. The Morgan fingerprint density at radius 2 is 1.86 bits per heavy atom. The van der Waals surface area contributed by atoms with Gasteiger partial charge < -0.3 is 5.73 Å². The fraction of sp³-hybridized carbons (Fsp3) is 0.278. The zero-order valence-electron chi connectivity index (χ0n) is 12.9. The summed E-state index contributed by atoms with van der Waals surface area (Å²) in [6, 6.07) is 12.5. The van der Waals surface area contributed by atoms with Crippen LogP contribution in [0.25, 0.3) is 16.9 Å². The number of pyridine rings is 1. The van der Waals surface area contributed by atoms with Crippen LogP contribution in [0.3, 0.4) is 0 Å². The molecule has 0 aliphatic rings. The van der Waals surface area contributed by atoms with Crippen LogP contribution in [0, 0.1) is 0 Å². The van der Waals surface area contributed by atoms with E-state index in [2.05, 4.69) is 42.5 Å². The predicted octanol–water partition coefficient (Wildman–Crippen LogP) is 4.28. The first-order valence-corrected chi connectivity index (χ1v) is 7.95. The van der Waals surface area contributed by atoms with Gasteiger partial charge in [-0.3, -0.25) is 4.40 Å². The van der Waals surface area contributed by atoms with Gasteiger partial charge in [0.25, 0.3) is 0 Å². The van der Waals surface area contributed by atoms with E-state index in [1.54, 1.807) is 0 Å². The van der Waals surface area contributed by atoms with E-state index in [0.717, 1.165) is 29.0 Å². The maximum Gasteiger partial charge on any atom is 0.137 e. The number of aromatic nitrogens is 2. The number of hydrogen-bond donors (Lipinski definition) is 1. The normalized spacial score (nSPS) is 11.5. The highest BCUT2D eigenvalue weighted by Crippen LogP contribution is 2.28. The summed E-state index contributed by atoms with van der Waals surface area (Å²) in [5.41, 5.74) is 11.2. The minimum Gasteiger partial charge on any atom is -0.330 e. The molecule has 0 bridgehead atoms. The topological polar surface area (TPSA) is 43.3 Å². The largest absolute Gasteiger partial charge is 0.330 e. The van der Waals surface area contributed by atoms with Crippen LogP contribution >= 0.6 is 11.6 Å². The monoisotopic (exact) mass is 313 g/mol. The summed E-state index contributed by atoms with van der Waals surface area (Å²) in [6.07, 6.45) is 2.66. The first-order valence-electron chi connectivity index (χ1n) is 7.57. The van der Waals surface area contributed by atoms with Crippen molar-refractivity contribution in [3.8, 4) is 11.3 Å². The second-order valence-electron chi connectivity index (χ2n) is 5.80. The summed E-state index contributed by atoms with van der Waals surface area (Å²) >= 11 is 6.16. The molecule has 0 spiro atoms. The van der Waals surface area contributed by atoms with Gasteiger partial charge in [0.2, 0.25) is 0 Å². The zero-order valence-corrected chi connectivity index (χ0v) is 13.6. The van der Waals surface area contributed by atoms with Crippen LogP contribution in [0.1, 0.15) is 31.0 Å². The Labute approximate surface area is 135 Å². The molecule has 0 radical (unpaired) electrons. The van der Waals surface area contributed by atoms with Gasteiger partial charge >= 0.3 is 0 Å². The van der Waals surface area contributed by atoms with E-state index in [-0.39, 0.29) is 0 Å². The van der Waals surface area contributed by atoms with E-state index in [9.17, 15) is 0 Å². The number of imidazole rings is 1. The lowest BCUT2D eigenvalue weighted by molar-refractivity contribution is 0.867. The van der Waals surface area contributed by atoms with Gasteiger partial charge in [0, 0.05) is 18.2 Å². The molecule has 2 aromatic heterocycles. The fourth-order valence-electron chi connectivity index (χ4n) is 2.71. The Balaban J connectivity index is 2.18. The van der Waals surface area contributed by atoms with Crippen LogP contribution in [0.4, 0.5) is 0 Å². The number of nitrogens with zero attached hydrogens (tertiary/aromatic N) is 2. The number of fused-ring (bicyclic) bond motifs is 1. The third-order valence-corrected chi connectivity index (χ3v) is 4.11. The van der Waals surface area contributed by atoms with Crippen LogP contribution in [0.2, 0.25) is 5.02 Å². The molecule has 0 aliphatic heterocycles. The molecule has 2 heterocycles. The molecule has 22 heavy (non-hydrogen) atoms. The fourth-order valence-corrected chi connectivity index (χ4v) is 2.87. The second-order valence-corrected chi connectivity index (χ2v) is 6.23. The molecule has 3 nitrogen and oxygen atoms in total. The minimum atomic E-state index is 0.522. The van der Waals surface area contributed by atoms with Crippen molar-refractivity contribution in [2.24, 2.45) is 5.73 Å². The molecule has 0 saturated carbocycles. The summed E-state index contributed by atoms with van der Waals surface area (Å²) in [5.74, 6) is 0.522. The third kappa shape index (κ3) is 2.74. The van der Waals surface area contributed by atoms with Crippen molar-refractivity contribution in [2.45, 2.75) is 26.2 Å². The van der Waals surface area contributed by atoms with E-state index >= 15 is 0 Å². The predicted molar refractivity (Wildman–Crippen MR) is 92.5 cm³/mol. The van der Waals surface area contributed by atoms with Crippen molar-refractivity contribution in [3.63, 3.8) is 0 Å². The molecular formula is C18H20ClN3. The Morgan fingerprint density at radius 1 is 1.14 bits per heavy atom. The molecule has 0 fully saturated rings. The Morgan fingerprint density at radius 3 is 2.50 bits per heavy atom. The molecule has 1 aromatic carbocycles. The summed E-state index contributed by atoms with van der Waals surface area (Å²) in [4.78, 5) is 4.70. The van der Waals surface area contributed by atoms with E-state index in [0.29, 0.717) is 17.5 Å². The van der Waals surface area contributed by atoms with E-state index in [1.807, 2.05) is 18.3 Å². The lowest BCUT2D eigenvalue weighted by atomic mass is 10.00. The van der Waals surface area contributed by atoms with Gasteiger partial charge in [0.1, 0.15) is 5.65 Å². The maximum absolute atomic E-state index is 6.16. The summed E-state index contributed by atoms with van der Waals surface area (Å²) in [7, 11) is 0. The highest BCUT2D eigenvalue weighted by atomic mass is 35.5. The smallest absolute Gasteiger partial charge is 0.137 e. The molecule has 2 N–H and O–H groups in total. The maximum atomic E-state index is 6.16. The highest BCUT2D eigenvalue weighted by Gasteiger charge is 2.14. The molecule has 0 atom stereocenters. The van der Waals surface area contributed by atoms with Crippen molar-refractivity contribution in [2.75, 3.05) is 6.54 Å². The summed E-state index contributed by atoms with van der Waals surface area (Å²) in [5, 5.41) is 0.698. The van der Waals surface area contributed by atoms with Crippen LogP contribution in [-0.4, -0.2) is 15.9 Å². The average Bonchev–Trinajstić information content (AvgIpc) is 2.85. The third-order valence-electron chi connectivity index (χ3n) is 3.89. The molecule has 0 aliphatic carbocycles. The number of halogens is 1. The summed E-state index contributed by atoms with van der Waals surface area (Å²) < 4.78 is 2.05. The SMILES string of the molecule is CC(C)c1ccc(-c2c(CCN)nc3ccc(Cl)cn23)cc1. The Kier molecular flexibility index (Phi) is 4.19. The van der Waals surface area contributed by atoms with Gasteiger partial charge in [-0.2, -0.15) is 0 Å². The van der Waals surface area contributed by atoms with Gasteiger partial charge in [-0.05, 0) is 30.2 Å². The van der Waals surface area contributed by atoms with E-state index < -0.39 is 0 Å². The van der Waals surface area contributed by atoms with Crippen molar-refractivity contribution in [1.82, 2.24) is 9.38 Å². The first kappa shape index (κ1) is 15.1. The number of hydrogen-bond acceptors (Lipinski definition) is 2. The van der Waals surface area contributed by atoms with Gasteiger partial charge in [-0.15, -0.1) is 0 Å². The number of benzene rings is 1. The molecular weight excluding hydrogens is 294 g/mol. The summed E-state index contributed by atoms with van der Waals surface area (Å²) in [6.45, 7) is 4.97.